The highest BCUT2D eigenvalue weighted by atomic mass is 19.4. The van der Waals surface area contributed by atoms with Crippen LogP contribution in [0.3, 0.4) is 0 Å². The van der Waals surface area contributed by atoms with E-state index < -0.39 is 41.7 Å². The van der Waals surface area contributed by atoms with Crippen LogP contribution in [-0.4, -0.2) is 39.4 Å². The Kier molecular flexibility index (Phi) is 7.33. The molecule has 2 N–H and O–H groups in total. The van der Waals surface area contributed by atoms with E-state index in [-0.39, 0.29) is 29.4 Å². The first kappa shape index (κ1) is 26.9. The van der Waals surface area contributed by atoms with E-state index in [4.69, 9.17) is 4.74 Å². The van der Waals surface area contributed by atoms with E-state index in [9.17, 15) is 35.9 Å². The van der Waals surface area contributed by atoms with Gasteiger partial charge in [0.25, 0.3) is 11.8 Å². The highest BCUT2D eigenvalue weighted by molar-refractivity contribution is 5.94. The Hall–Kier alpha value is -4.10. The van der Waals surface area contributed by atoms with Gasteiger partial charge in [0.1, 0.15) is 18.1 Å². The lowest BCUT2D eigenvalue weighted by molar-refractivity contribution is -0.143. The summed E-state index contributed by atoms with van der Waals surface area (Å²) >= 11 is 0. The predicted octanol–water partition coefficient (Wildman–Crippen LogP) is 4.53. The van der Waals surface area contributed by atoms with Gasteiger partial charge in [0.05, 0.1) is 16.8 Å². The summed E-state index contributed by atoms with van der Waals surface area (Å²) in [4.78, 5) is 24.8. The van der Waals surface area contributed by atoms with Crippen molar-refractivity contribution in [1.29, 1.82) is 0 Å². The van der Waals surface area contributed by atoms with Crippen molar-refractivity contribution in [1.82, 2.24) is 25.6 Å². The molecule has 1 aromatic heterocycles. The van der Waals surface area contributed by atoms with Crippen molar-refractivity contribution < 1.29 is 40.7 Å². The molecule has 2 amide bonds. The number of aromatic nitrogens is 3. The van der Waals surface area contributed by atoms with Crippen molar-refractivity contribution in [2.24, 2.45) is 0 Å². The van der Waals surface area contributed by atoms with Gasteiger partial charge in [0.2, 0.25) is 0 Å². The van der Waals surface area contributed by atoms with Crippen LogP contribution in [0.15, 0.2) is 42.5 Å². The Morgan fingerprint density at radius 2 is 1.58 bits per heavy atom. The largest absolute Gasteiger partial charge is 0.487 e. The molecule has 14 heteroatoms. The van der Waals surface area contributed by atoms with Gasteiger partial charge in [-0.3, -0.25) is 9.59 Å². The second kappa shape index (κ2) is 10.3. The summed E-state index contributed by atoms with van der Waals surface area (Å²) in [6.45, 7) is 1.54. The minimum absolute atomic E-state index is 0.0105. The van der Waals surface area contributed by atoms with E-state index >= 15 is 0 Å². The Morgan fingerprint density at radius 3 is 2.11 bits per heavy atom. The van der Waals surface area contributed by atoms with Gasteiger partial charge in [-0.05, 0) is 62.2 Å². The molecule has 0 aliphatic heterocycles. The van der Waals surface area contributed by atoms with Crippen LogP contribution in [0, 0.1) is 0 Å². The molecule has 1 aliphatic carbocycles. The third kappa shape index (κ3) is 6.23. The number of benzene rings is 2. The Morgan fingerprint density at radius 1 is 0.974 bits per heavy atom. The number of nitrogens with one attached hydrogen (secondary N) is 2. The number of hydrogen-bond donors (Lipinski definition) is 2. The van der Waals surface area contributed by atoms with Gasteiger partial charge in [-0.25, -0.2) is 4.68 Å². The molecule has 2 aromatic carbocycles. The normalized spacial score (nSPS) is 13.8. The molecule has 0 spiro atoms. The van der Waals surface area contributed by atoms with Crippen LogP contribution in [0.4, 0.5) is 26.3 Å². The summed E-state index contributed by atoms with van der Waals surface area (Å²) < 4.78 is 86.0. The summed E-state index contributed by atoms with van der Waals surface area (Å²) in [6, 6.07) is 6.77. The molecule has 1 heterocycles. The third-order valence-electron chi connectivity index (χ3n) is 5.54. The number of ether oxygens (including phenoxy) is 1. The topological polar surface area (TPSA) is 98.1 Å². The number of rotatable bonds is 8. The number of alkyl halides is 6. The van der Waals surface area contributed by atoms with E-state index in [1.807, 2.05) is 0 Å². The molecule has 0 bridgehead atoms. The highest BCUT2D eigenvalue weighted by Crippen LogP contribution is 2.38. The highest BCUT2D eigenvalue weighted by Gasteiger charge is 2.37. The first-order valence-corrected chi connectivity index (χ1v) is 11.4. The molecule has 38 heavy (non-hydrogen) atoms. The number of hydrogen-bond acceptors (Lipinski definition) is 5. The lowest BCUT2D eigenvalue weighted by Gasteiger charge is -2.15. The Labute approximate surface area is 212 Å². The molecule has 1 fully saturated rings. The first-order valence-electron chi connectivity index (χ1n) is 11.4. The zero-order valence-electron chi connectivity index (χ0n) is 19.8. The monoisotopic (exact) mass is 541 g/mol. The number of carbonyl (C=O) groups excluding carboxylic acids is 2. The number of nitrogens with zero attached hydrogens (tertiary/aromatic N) is 3. The van der Waals surface area contributed by atoms with Crippen LogP contribution in [-0.2, 0) is 19.0 Å². The van der Waals surface area contributed by atoms with Crippen LogP contribution in [0.1, 0.15) is 57.4 Å². The van der Waals surface area contributed by atoms with E-state index in [1.165, 1.54) is 28.9 Å². The van der Waals surface area contributed by atoms with Gasteiger partial charge >= 0.3 is 12.4 Å². The summed E-state index contributed by atoms with van der Waals surface area (Å²) in [7, 11) is 0. The SMILES string of the molecule is CCNC(=O)c1ccc(-n2nnc(C(=O)NC3CC3)c2COc2cc(C(F)(F)F)cc(C(F)(F)F)c2)cc1. The number of amides is 2. The van der Waals surface area contributed by atoms with Crippen LogP contribution in [0.25, 0.3) is 5.69 Å². The van der Waals surface area contributed by atoms with Gasteiger partial charge in [-0.15, -0.1) is 5.10 Å². The van der Waals surface area contributed by atoms with E-state index in [0.717, 1.165) is 12.8 Å². The summed E-state index contributed by atoms with van der Waals surface area (Å²) in [5, 5.41) is 13.2. The van der Waals surface area contributed by atoms with E-state index in [1.54, 1.807) is 6.92 Å². The fraction of sp³-hybridized carbons (Fsp3) is 0.333. The van der Waals surface area contributed by atoms with Gasteiger partial charge in [-0.2, -0.15) is 26.3 Å². The third-order valence-corrected chi connectivity index (χ3v) is 5.54. The van der Waals surface area contributed by atoms with Crippen LogP contribution < -0.4 is 15.4 Å². The lowest BCUT2D eigenvalue weighted by atomic mass is 10.1. The lowest BCUT2D eigenvalue weighted by Crippen LogP contribution is -2.27. The quantitative estimate of drug-likeness (QED) is 0.409. The molecule has 3 aromatic rings. The Balaban J connectivity index is 1.68. The molecule has 202 valence electrons. The van der Waals surface area contributed by atoms with Crippen molar-refractivity contribution in [3.63, 3.8) is 0 Å². The maximum atomic E-state index is 13.2. The molecule has 0 saturated heterocycles. The predicted molar refractivity (Wildman–Crippen MR) is 121 cm³/mol. The average molecular weight is 541 g/mol. The zero-order valence-corrected chi connectivity index (χ0v) is 19.8. The molecule has 1 saturated carbocycles. The zero-order chi connectivity index (χ0) is 27.7. The van der Waals surface area contributed by atoms with Crippen molar-refractivity contribution in [2.75, 3.05) is 6.54 Å². The van der Waals surface area contributed by atoms with Crippen molar-refractivity contribution in [3.8, 4) is 11.4 Å². The van der Waals surface area contributed by atoms with Crippen LogP contribution >= 0.6 is 0 Å². The standard InChI is InChI=1S/C24H21F6N5O3/c1-2-31-21(36)13-3-7-17(8-4-13)35-19(20(33-34-35)22(37)32-16-5-6-16)12-38-18-10-14(23(25,26)27)9-15(11-18)24(28,29)30/h3-4,7-11,16H,2,5-6,12H2,1H3,(H,31,36)(H,32,37). The summed E-state index contributed by atoms with van der Waals surface area (Å²) in [5.74, 6) is -1.65. The van der Waals surface area contributed by atoms with Gasteiger partial charge in [0.15, 0.2) is 5.69 Å². The molecule has 0 atom stereocenters. The number of halogens is 6. The Bertz CT molecular complexity index is 1300. The molecule has 0 radical (unpaired) electrons. The first-order chi connectivity index (χ1) is 17.9. The fourth-order valence-electron chi connectivity index (χ4n) is 3.47. The molecular weight excluding hydrogens is 520 g/mol. The maximum absolute atomic E-state index is 13.2. The second-order valence-corrected chi connectivity index (χ2v) is 8.48. The fourth-order valence-corrected chi connectivity index (χ4v) is 3.47. The van der Waals surface area contributed by atoms with Crippen LogP contribution in [0.2, 0.25) is 0 Å². The summed E-state index contributed by atoms with van der Waals surface area (Å²) in [6.07, 6.45) is -8.58. The minimum Gasteiger partial charge on any atom is -0.487 e. The van der Waals surface area contributed by atoms with Gasteiger partial charge in [0, 0.05) is 18.2 Å². The smallest absolute Gasteiger partial charge is 0.416 e. The van der Waals surface area contributed by atoms with Crippen molar-refractivity contribution >= 4 is 11.8 Å². The summed E-state index contributed by atoms with van der Waals surface area (Å²) in [5.41, 5.74) is -2.63. The average Bonchev–Trinajstić information content (AvgIpc) is 3.56. The van der Waals surface area contributed by atoms with Gasteiger partial charge < -0.3 is 15.4 Å². The molecule has 0 unspecified atom stereocenters. The van der Waals surface area contributed by atoms with Crippen molar-refractivity contribution in [2.45, 2.75) is 44.8 Å². The molecule has 4 rings (SSSR count). The van der Waals surface area contributed by atoms with Crippen LogP contribution in [0.5, 0.6) is 5.75 Å². The second-order valence-electron chi connectivity index (χ2n) is 8.48. The molecule has 1 aliphatic rings. The van der Waals surface area contributed by atoms with E-state index in [2.05, 4.69) is 20.9 Å². The van der Waals surface area contributed by atoms with E-state index in [0.29, 0.717) is 29.9 Å². The molecular formula is C24H21F6N5O3. The maximum Gasteiger partial charge on any atom is 0.416 e. The van der Waals surface area contributed by atoms with Crippen molar-refractivity contribution in [3.05, 3.63) is 70.5 Å². The van der Waals surface area contributed by atoms with Gasteiger partial charge in [-0.1, -0.05) is 5.21 Å². The number of carbonyl (C=O) groups is 2. The molecule has 8 nitrogen and oxygen atoms in total. The minimum atomic E-state index is -5.05.